The molecule has 1 atom stereocenters. The molecule has 1 aliphatic heterocycles. The maximum Gasteiger partial charge on any atom is 0.416 e. The Kier molecular flexibility index (Phi) is 6.61. The molecule has 2 aromatic heterocycles. The van der Waals surface area contributed by atoms with Gasteiger partial charge in [-0.2, -0.15) is 13.2 Å². The number of alkyl halides is 3. The van der Waals surface area contributed by atoms with Gasteiger partial charge in [-0.05, 0) is 86.9 Å². The van der Waals surface area contributed by atoms with Crippen LogP contribution in [0.2, 0.25) is 6.55 Å². The van der Waals surface area contributed by atoms with Gasteiger partial charge in [0.05, 0.1) is 5.56 Å². The summed E-state index contributed by atoms with van der Waals surface area (Å²) >= 11 is 0. The molecular formula is C35H31F3N2OSi. The largest absolute Gasteiger partial charge is 0.439 e. The highest BCUT2D eigenvalue weighted by molar-refractivity contribution is 7.13. The highest BCUT2D eigenvalue weighted by Crippen LogP contribution is 2.38. The normalized spacial score (nSPS) is 16.2. The second-order valence-electron chi connectivity index (χ2n) is 12.1. The first kappa shape index (κ1) is 27.9. The molecule has 5 aromatic rings. The fourth-order valence-electron chi connectivity index (χ4n) is 5.81. The molecule has 0 fully saturated rings. The van der Waals surface area contributed by atoms with Crippen molar-refractivity contribution in [1.29, 1.82) is 0 Å². The molecule has 0 saturated carbocycles. The van der Waals surface area contributed by atoms with Crippen molar-refractivity contribution in [2.75, 3.05) is 0 Å². The number of ether oxygens (including phenoxy) is 1. The third kappa shape index (κ3) is 4.92. The van der Waals surface area contributed by atoms with Gasteiger partial charge in [-0.15, -0.1) is 0 Å². The lowest BCUT2D eigenvalue weighted by atomic mass is 9.88. The molecule has 0 bridgehead atoms. The van der Waals surface area contributed by atoms with E-state index in [1.54, 1.807) is 18.3 Å². The number of hydrogen-bond donors (Lipinski definition) is 0. The molecule has 0 aliphatic carbocycles. The van der Waals surface area contributed by atoms with E-state index >= 15 is 0 Å². The van der Waals surface area contributed by atoms with Gasteiger partial charge < -0.3 is 4.74 Å². The van der Waals surface area contributed by atoms with Crippen LogP contribution < -0.4 is 20.4 Å². The van der Waals surface area contributed by atoms with E-state index in [4.69, 9.17) is 9.72 Å². The monoisotopic (exact) mass is 580 g/mol. The average Bonchev–Trinajstić information content (AvgIpc) is 3.20. The van der Waals surface area contributed by atoms with Gasteiger partial charge >= 0.3 is 6.18 Å². The zero-order valence-electron chi connectivity index (χ0n) is 24.2. The Bertz CT molecular complexity index is 1810. The zero-order chi connectivity index (χ0) is 29.9. The summed E-state index contributed by atoms with van der Waals surface area (Å²) in [5, 5.41) is 3.42. The third-order valence-electron chi connectivity index (χ3n) is 8.13. The van der Waals surface area contributed by atoms with Crippen LogP contribution in [0.4, 0.5) is 13.2 Å². The second-order valence-corrected chi connectivity index (χ2v) is 16.0. The van der Waals surface area contributed by atoms with Crippen LogP contribution in [0, 0.1) is 6.92 Å². The summed E-state index contributed by atoms with van der Waals surface area (Å²) in [5.74, 6) is 0.338. The Morgan fingerprint density at radius 3 is 2.21 bits per heavy atom. The fourth-order valence-corrected chi connectivity index (χ4v) is 9.78. The van der Waals surface area contributed by atoms with E-state index in [-0.39, 0.29) is 17.0 Å². The Morgan fingerprint density at radius 2 is 1.50 bits per heavy atom. The topological polar surface area (TPSA) is 35.0 Å². The molecule has 3 heterocycles. The number of nitrogens with zero attached hydrogens (tertiary/aromatic N) is 2. The van der Waals surface area contributed by atoms with Gasteiger partial charge in [0.25, 0.3) is 0 Å². The smallest absolute Gasteiger partial charge is 0.416 e. The van der Waals surface area contributed by atoms with Gasteiger partial charge in [-0.3, -0.25) is 4.98 Å². The van der Waals surface area contributed by atoms with Crippen LogP contribution in [0.3, 0.4) is 0 Å². The Morgan fingerprint density at radius 1 is 0.690 bits per heavy atom. The summed E-state index contributed by atoms with van der Waals surface area (Å²) in [4.78, 5) is 9.04. The molecule has 3 aromatic carbocycles. The average molecular weight is 581 g/mol. The van der Waals surface area contributed by atoms with Crippen LogP contribution in [-0.4, -0.2) is 18.0 Å². The summed E-state index contributed by atoms with van der Waals surface area (Å²) in [6.07, 6.45) is -1.12. The van der Waals surface area contributed by atoms with E-state index < -0.39 is 19.8 Å². The molecule has 0 spiro atoms. The van der Waals surface area contributed by atoms with E-state index in [0.29, 0.717) is 11.1 Å². The minimum Gasteiger partial charge on any atom is -0.439 e. The van der Waals surface area contributed by atoms with Crippen LogP contribution in [0.5, 0.6) is 11.6 Å². The van der Waals surface area contributed by atoms with Crippen LogP contribution >= 0.6 is 0 Å². The molecule has 0 N–H and O–H groups in total. The van der Waals surface area contributed by atoms with Gasteiger partial charge in [0.15, 0.2) is 8.07 Å². The molecule has 42 heavy (non-hydrogen) atoms. The Labute approximate surface area is 245 Å². The predicted octanol–water partition coefficient (Wildman–Crippen LogP) is 7.64. The lowest BCUT2D eigenvalue weighted by Gasteiger charge is -2.25. The molecule has 6 rings (SSSR count). The summed E-state index contributed by atoms with van der Waals surface area (Å²) < 4.78 is 48.4. The number of hydrogen-bond acceptors (Lipinski definition) is 3. The minimum atomic E-state index is -4.55. The minimum absolute atomic E-state index is 0.0857. The van der Waals surface area contributed by atoms with Gasteiger partial charge in [0, 0.05) is 23.8 Å². The lowest BCUT2D eigenvalue weighted by molar-refractivity contribution is -0.137. The molecule has 1 aliphatic rings. The van der Waals surface area contributed by atoms with Crippen molar-refractivity contribution in [3.05, 3.63) is 114 Å². The fraction of sp³-hybridized carbons (Fsp3) is 0.200. The van der Waals surface area contributed by atoms with Crippen LogP contribution in [0.15, 0.2) is 97.3 Å². The van der Waals surface area contributed by atoms with Crippen molar-refractivity contribution in [2.45, 2.75) is 45.8 Å². The maximum atomic E-state index is 14.1. The summed E-state index contributed by atoms with van der Waals surface area (Å²) in [6, 6.07) is 26.0. The van der Waals surface area contributed by atoms with Crippen LogP contribution in [-0.2, 0) is 11.6 Å². The molecule has 0 radical (unpaired) electrons. The molecule has 0 amide bonds. The molecule has 3 nitrogen and oxygen atoms in total. The first-order valence-electron chi connectivity index (χ1n) is 13.9. The first-order chi connectivity index (χ1) is 19.8. The van der Waals surface area contributed by atoms with Crippen molar-refractivity contribution in [1.82, 2.24) is 9.97 Å². The second kappa shape index (κ2) is 9.95. The van der Waals surface area contributed by atoms with E-state index in [1.807, 2.05) is 36.5 Å². The Balaban J connectivity index is 1.49. The standard InChI is InChI=1S/C35H31F3N2OSi/c1-22-9-12-30-29(16-22)28-11-10-23(19-31(28)42(30,5)33-8-6-7-14-40-33)24-17-26(35(36,37)38)20-27(18-24)41-32-21-25(13-15-39-32)34(2,3)4/h6-21H,1-5H3. The van der Waals surface area contributed by atoms with E-state index in [1.165, 1.54) is 16.8 Å². The summed E-state index contributed by atoms with van der Waals surface area (Å²) in [7, 11) is -2.51. The third-order valence-corrected chi connectivity index (χ3v) is 12.5. The van der Waals surface area contributed by atoms with E-state index in [2.05, 4.69) is 69.6 Å². The summed E-state index contributed by atoms with van der Waals surface area (Å²) in [6.45, 7) is 10.5. The van der Waals surface area contributed by atoms with Crippen molar-refractivity contribution < 1.29 is 17.9 Å². The van der Waals surface area contributed by atoms with Crippen molar-refractivity contribution in [3.8, 4) is 33.9 Å². The molecule has 7 heteroatoms. The maximum absolute atomic E-state index is 14.1. The van der Waals surface area contributed by atoms with Gasteiger partial charge in [0.1, 0.15) is 5.75 Å². The van der Waals surface area contributed by atoms with Crippen molar-refractivity contribution in [2.24, 2.45) is 0 Å². The van der Waals surface area contributed by atoms with Crippen LogP contribution in [0.25, 0.3) is 22.3 Å². The number of aryl methyl sites for hydroxylation is 1. The molecular weight excluding hydrogens is 549 g/mol. The number of benzene rings is 3. The number of aromatic nitrogens is 2. The molecule has 212 valence electrons. The number of rotatable bonds is 4. The zero-order valence-corrected chi connectivity index (χ0v) is 25.2. The SMILES string of the molecule is Cc1ccc2c(c1)-c1ccc(-c3cc(Oc4cc(C(C)(C)C)ccn4)cc(C(F)(F)F)c3)cc1[Si]2(C)c1ccccn1. The number of fused-ring (bicyclic) bond motifs is 3. The number of pyridine rings is 2. The van der Waals surface area contributed by atoms with Gasteiger partial charge in [-0.1, -0.05) is 75.3 Å². The lowest BCUT2D eigenvalue weighted by Crippen LogP contribution is -2.63. The Hall–Kier alpha value is -4.23. The van der Waals surface area contributed by atoms with Gasteiger partial charge in [-0.25, -0.2) is 4.98 Å². The van der Waals surface area contributed by atoms with Crippen molar-refractivity contribution >= 4 is 23.8 Å². The summed E-state index contributed by atoms with van der Waals surface area (Å²) in [5.41, 5.74) is 4.62. The quantitative estimate of drug-likeness (QED) is 0.205. The number of halogens is 3. The van der Waals surface area contributed by atoms with Crippen LogP contribution in [0.1, 0.15) is 37.5 Å². The highest BCUT2D eigenvalue weighted by atomic mass is 28.3. The van der Waals surface area contributed by atoms with Crippen molar-refractivity contribution in [3.63, 3.8) is 0 Å². The predicted molar refractivity (Wildman–Crippen MR) is 165 cm³/mol. The highest BCUT2D eigenvalue weighted by Gasteiger charge is 2.44. The van der Waals surface area contributed by atoms with E-state index in [0.717, 1.165) is 33.3 Å². The van der Waals surface area contributed by atoms with E-state index in [9.17, 15) is 13.2 Å². The molecule has 1 unspecified atom stereocenters. The molecule has 0 saturated heterocycles. The van der Waals surface area contributed by atoms with Gasteiger partial charge in [0.2, 0.25) is 5.88 Å². The first-order valence-corrected chi connectivity index (χ1v) is 16.4.